The van der Waals surface area contributed by atoms with Gasteiger partial charge in [0.1, 0.15) is 0 Å². The van der Waals surface area contributed by atoms with Crippen molar-refractivity contribution in [2.45, 2.75) is 6.92 Å². The van der Waals surface area contributed by atoms with Crippen LogP contribution in [0.4, 0.5) is 11.4 Å². The molecule has 5 nitrogen and oxygen atoms in total. The Morgan fingerprint density at radius 2 is 1.33 bits per heavy atom. The Kier molecular flexibility index (Phi) is 4.46. The number of amides is 1. The molecule has 0 aliphatic rings. The number of rotatable bonds is 5. The third-order valence-electron chi connectivity index (χ3n) is 2.77. The van der Waals surface area contributed by atoms with Gasteiger partial charge in [0.15, 0.2) is 11.5 Å². The van der Waals surface area contributed by atoms with E-state index in [0.717, 1.165) is 11.4 Å². The Hall–Kier alpha value is -2.95. The summed E-state index contributed by atoms with van der Waals surface area (Å²) in [5.41, 5.74) is 6.39. The lowest BCUT2D eigenvalue weighted by molar-refractivity contribution is -0.115. The van der Waals surface area contributed by atoms with E-state index in [1.54, 1.807) is 0 Å². The normalized spacial score (nSPS) is 11.0. The number of Topliss-reactive ketones (excluding diaryl/α,β-unsaturated/α-hetero) is 1. The molecule has 0 heterocycles. The molecule has 0 spiro atoms. The summed E-state index contributed by atoms with van der Waals surface area (Å²) in [5, 5.41) is 5.66. The highest BCUT2D eigenvalue weighted by Gasteiger charge is 2.17. The molecule has 21 heavy (non-hydrogen) atoms. The van der Waals surface area contributed by atoms with E-state index < -0.39 is 11.7 Å². The standard InChI is InChI=1S/C16H15N3O2/c1-12(20)15(16(17)21)18-19(13-8-4-2-5-9-13)14-10-6-3-7-11-14/h2-11H,1H3,(H2,17,21). The maximum Gasteiger partial charge on any atom is 0.272 e. The maximum atomic E-state index is 11.5. The van der Waals surface area contributed by atoms with Gasteiger partial charge in [-0.25, -0.2) is 5.01 Å². The van der Waals surface area contributed by atoms with Crippen molar-refractivity contribution in [2.75, 3.05) is 5.01 Å². The van der Waals surface area contributed by atoms with E-state index in [-0.39, 0.29) is 5.71 Å². The number of hydrogen-bond acceptors (Lipinski definition) is 4. The molecule has 0 radical (unpaired) electrons. The largest absolute Gasteiger partial charge is 0.364 e. The van der Waals surface area contributed by atoms with Gasteiger partial charge in [-0.05, 0) is 24.3 Å². The van der Waals surface area contributed by atoms with Crippen LogP contribution in [0.25, 0.3) is 0 Å². The summed E-state index contributed by atoms with van der Waals surface area (Å²) in [7, 11) is 0. The van der Waals surface area contributed by atoms with Crippen molar-refractivity contribution < 1.29 is 9.59 Å². The molecule has 0 bridgehead atoms. The third kappa shape index (κ3) is 3.54. The summed E-state index contributed by atoms with van der Waals surface area (Å²) in [6.45, 7) is 1.26. The first-order valence-electron chi connectivity index (χ1n) is 6.39. The topological polar surface area (TPSA) is 75.8 Å². The van der Waals surface area contributed by atoms with E-state index in [1.165, 1.54) is 11.9 Å². The van der Waals surface area contributed by atoms with E-state index in [0.29, 0.717) is 0 Å². The maximum absolute atomic E-state index is 11.5. The van der Waals surface area contributed by atoms with Gasteiger partial charge >= 0.3 is 0 Å². The van der Waals surface area contributed by atoms with Crippen LogP contribution < -0.4 is 10.7 Å². The summed E-state index contributed by atoms with van der Waals surface area (Å²) in [6.07, 6.45) is 0. The average Bonchev–Trinajstić information content (AvgIpc) is 2.49. The number of nitrogens with zero attached hydrogens (tertiary/aromatic N) is 2. The SMILES string of the molecule is CC(=O)C(=NN(c1ccccc1)c1ccccc1)C(N)=O. The summed E-state index contributed by atoms with van der Waals surface area (Å²) < 4.78 is 0. The number of hydrazone groups is 1. The zero-order valence-corrected chi connectivity index (χ0v) is 11.6. The minimum absolute atomic E-state index is 0.289. The van der Waals surface area contributed by atoms with E-state index >= 15 is 0 Å². The first-order chi connectivity index (χ1) is 10.1. The van der Waals surface area contributed by atoms with Crippen LogP contribution in [-0.2, 0) is 9.59 Å². The smallest absolute Gasteiger partial charge is 0.272 e. The quantitative estimate of drug-likeness (QED) is 0.519. The molecular weight excluding hydrogens is 266 g/mol. The molecule has 106 valence electrons. The zero-order valence-electron chi connectivity index (χ0n) is 11.6. The van der Waals surface area contributed by atoms with Crippen molar-refractivity contribution in [3.8, 4) is 0 Å². The Morgan fingerprint density at radius 3 is 1.67 bits per heavy atom. The molecule has 0 fully saturated rings. The lowest BCUT2D eigenvalue weighted by atomic mass is 10.2. The molecule has 1 amide bonds. The molecule has 2 rings (SSSR count). The van der Waals surface area contributed by atoms with Gasteiger partial charge in [0.25, 0.3) is 5.91 Å². The summed E-state index contributed by atoms with van der Waals surface area (Å²) >= 11 is 0. The van der Waals surface area contributed by atoms with Gasteiger partial charge in [-0.2, -0.15) is 5.10 Å². The van der Waals surface area contributed by atoms with Crippen LogP contribution in [0, 0.1) is 0 Å². The van der Waals surface area contributed by atoms with E-state index in [2.05, 4.69) is 5.10 Å². The molecule has 0 aliphatic heterocycles. The van der Waals surface area contributed by atoms with Crippen LogP contribution in [0.1, 0.15) is 6.92 Å². The number of primary amides is 1. The molecule has 0 atom stereocenters. The summed E-state index contributed by atoms with van der Waals surface area (Å²) in [4.78, 5) is 22.9. The van der Waals surface area contributed by atoms with Crippen molar-refractivity contribution in [3.05, 3.63) is 60.7 Å². The van der Waals surface area contributed by atoms with E-state index in [4.69, 9.17) is 5.73 Å². The molecule has 0 unspecified atom stereocenters. The van der Waals surface area contributed by atoms with Crippen LogP contribution in [0.5, 0.6) is 0 Å². The average molecular weight is 281 g/mol. The van der Waals surface area contributed by atoms with Gasteiger partial charge in [0.2, 0.25) is 0 Å². The fourth-order valence-corrected chi connectivity index (χ4v) is 1.80. The second-order valence-electron chi connectivity index (χ2n) is 4.35. The number of anilines is 2. The lowest BCUT2D eigenvalue weighted by Crippen LogP contribution is -2.31. The van der Waals surface area contributed by atoms with Crippen molar-refractivity contribution in [1.82, 2.24) is 0 Å². The summed E-state index contributed by atoms with van der Waals surface area (Å²) in [6, 6.07) is 18.4. The number of carbonyl (C=O) groups excluding carboxylic acids is 2. The zero-order chi connectivity index (χ0) is 15.2. The minimum atomic E-state index is -0.848. The minimum Gasteiger partial charge on any atom is -0.364 e. The number of carbonyl (C=O) groups is 2. The van der Waals surface area contributed by atoms with Crippen LogP contribution in [0.15, 0.2) is 65.8 Å². The van der Waals surface area contributed by atoms with Crippen LogP contribution in [0.3, 0.4) is 0 Å². The van der Waals surface area contributed by atoms with Gasteiger partial charge in [0, 0.05) is 6.92 Å². The Labute approximate surface area is 122 Å². The van der Waals surface area contributed by atoms with Crippen LogP contribution in [0.2, 0.25) is 0 Å². The first kappa shape index (κ1) is 14.5. The molecule has 0 aromatic heterocycles. The molecule has 2 N–H and O–H groups in total. The number of hydrogen-bond donors (Lipinski definition) is 1. The Bertz CT molecular complexity index is 611. The second kappa shape index (κ2) is 6.47. The third-order valence-corrected chi connectivity index (χ3v) is 2.77. The first-order valence-corrected chi connectivity index (χ1v) is 6.39. The monoisotopic (exact) mass is 281 g/mol. The van der Waals surface area contributed by atoms with Gasteiger partial charge in [-0.3, -0.25) is 9.59 Å². The molecule has 2 aromatic rings. The second-order valence-corrected chi connectivity index (χ2v) is 4.35. The van der Waals surface area contributed by atoms with E-state index in [1.807, 2.05) is 60.7 Å². The van der Waals surface area contributed by atoms with Gasteiger partial charge in [0.05, 0.1) is 11.4 Å². The fraction of sp³-hybridized carbons (Fsp3) is 0.0625. The molecule has 0 aliphatic carbocycles. The number of ketones is 1. The van der Waals surface area contributed by atoms with Crippen molar-refractivity contribution in [2.24, 2.45) is 10.8 Å². The molecule has 0 saturated heterocycles. The highest BCUT2D eigenvalue weighted by Crippen LogP contribution is 2.25. The van der Waals surface area contributed by atoms with Crippen molar-refractivity contribution in [1.29, 1.82) is 0 Å². The molecular formula is C16H15N3O2. The van der Waals surface area contributed by atoms with Crippen LogP contribution >= 0.6 is 0 Å². The highest BCUT2D eigenvalue weighted by atomic mass is 16.2. The van der Waals surface area contributed by atoms with Crippen LogP contribution in [-0.4, -0.2) is 17.4 Å². The highest BCUT2D eigenvalue weighted by molar-refractivity contribution is 6.65. The number of benzene rings is 2. The van der Waals surface area contributed by atoms with Gasteiger partial charge in [-0.15, -0.1) is 0 Å². The predicted molar refractivity (Wildman–Crippen MR) is 82.3 cm³/mol. The molecule has 5 heteroatoms. The molecule has 2 aromatic carbocycles. The van der Waals surface area contributed by atoms with Gasteiger partial charge < -0.3 is 5.73 Å². The Balaban J connectivity index is 2.54. The predicted octanol–water partition coefficient (Wildman–Crippen LogP) is 2.25. The Morgan fingerprint density at radius 1 is 0.905 bits per heavy atom. The molecule has 0 saturated carbocycles. The van der Waals surface area contributed by atoms with Crippen molar-refractivity contribution in [3.63, 3.8) is 0 Å². The summed E-state index contributed by atoms with van der Waals surface area (Å²) in [5.74, 6) is -1.32. The fourth-order valence-electron chi connectivity index (χ4n) is 1.80. The lowest BCUT2D eigenvalue weighted by Gasteiger charge is -2.20. The van der Waals surface area contributed by atoms with E-state index in [9.17, 15) is 9.59 Å². The number of nitrogens with two attached hydrogens (primary N) is 1. The number of para-hydroxylation sites is 2. The van der Waals surface area contributed by atoms with Gasteiger partial charge in [-0.1, -0.05) is 36.4 Å². The van der Waals surface area contributed by atoms with Crippen molar-refractivity contribution >= 4 is 28.8 Å².